The van der Waals surface area contributed by atoms with E-state index in [0.717, 1.165) is 37.9 Å². The van der Waals surface area contributed by atoms with Gasteiger partial charge in [-0.3, -0.25) is 9.59 Å². The Morgan fingerprint density at radius 2 is 2.07 bits per heavy atom. The van der Waals surface area contributed by atoms with E-state index in [0.29, 0.717) is 19.3 Å². The van der Waals surface area contributed by atoms with Gasteiger partial charge in [0.15, 0.2) is 0 Å². The predicted octanol–water partition coefficient (Wildman–Crippen LogP) is 3.39. The Hall–Kier alpha value is -2.64. The lowest BCUT2D eigenvalue weighted by atomic mass is 9.98. The number of ether oxygens (including phenoxy) is 1. The summed E-state index contributed by atoms with van der Waals surface area (Å²) in [7, 11) is 3.14. The fraction of sp³-hybridized carbons (Fsp3) is 0.238. The molecule has 1 amide bonds. The normalized spacial score (nSPS) is 12.0. The fourth-order valence-corrected chi connectivity index (χ4v) is 3.80. The van der Waals surface area contributed by atoms with Crippen molar-refractivity contribution in [1.29, 1.82) is 0 Å². The molecular formula is C21H22BrN3O3. The molecule has 3 rings (SSSR count). The third-order valence-electron chi connectivity index (χ3n) is 4.79. The van der Waals surface area contributed by atoms with Gasteiger partial charge >= 0.3 is 5.97 Å². The molecule has 0 saturated carbocycles. The number of likely N-dealkylation sites (N-methyl/N-ethyl adjacent to an activating group) is 1. The quantitative estimate of drug-likeness (QED) is 0.368. The van der Waals surface area contributed by atoms with Crippen LogP contribution in [-0.2, 0) is 27.2 Å². The van der Waals surface area contributed by atoms with Gasteiger partial charge in [0, 0.05) is 39.6 Å². The summed E-state index contributed by atoms with van der Waals surface area (Å²) < 4.78 is 5.85. The second-order valence-corrected chi connectivity index (χ2v) is 7.35. The smallest absolute Gasteiger partial charge is 0.323 e. The lowest BCUT2D eigenvalue weighted by Crippen LogP contribution is -2.37. The first-order valence-electron chi connectivity index (χ1n) is 8.89. The SMILES string of the molecule is CN[C@H](Cc1c(Cc2cc(Br)ccc2NC=O)[nH]c2ccccc12)C(=O)OC. The van der Waals surface area contributed by atoms with Crippen LogP contribution in [0.4, 0.5) is 5.69 Å². The molecule has 6 nitrogen and oxygen atoms in total. The molecule has 0 unspecified atom stereocenters. The van der Waals surface area contributed by atoms with Crippen molar-refractivity contribution in [3.8, 4) is 0 Å². The minimum absolute atomic E-state index is 0.301. The summed E-state index contributed by atoms with van der Waals surface area (Å²) in [5, 5.41) is 6.86. The van der Waals surface area contributed by atoms with Crippen LogP contribution in [0.15, 0.2) is 46.9 Å². The summed E-state index contributed by atoms with van der Waals surface area (Å²) in [5.74, 6) is -0.301. The molecule has 1 atom stereocenters. The minimum Gasteiger partial charge on any atom is -0.468 e. The Balaban J connectivity index is 2.05. The number of halogens is 1. The fourth-order valence-electron chi connectivity index (χ4n) is 3.39. The van der Waals surface area contributed by atoms with E-state index in [9.17, 15) is 9.59 Å². The number of aromatic amines is 1. The van der Waals surface area contributed by atoms with Crippen molar-refractivity contribution in [1.82, 2.24) is 10.3 Å². The van der Waals surface area contributed by atoms with Crippen molar-refractivity contribution in [3.05, 3.63) is 63.8 Å². The van der Waals surface area contributed by atoms with Crippen molar-refractivity contribution < 1.29 is 14.3 Å². The molecule has 146 valence electrons. The first-order chi connectivity index (χ1) is 13.6. The van der Waals surface area contributed by atoms with Crippen LogP contribution in [0.3, 0.4) is 0 Å². The average molecular weight is 444 g/mol. The van der Waals surface area contributed by atoms with E-state index in [1.54, 1.807) is 7.05 Å². The largest absolute Gasteiger partial charge is 0.468 e. The van der Waals surface area contributed by atoms with Gasteiger partial charge in [0.25, 0.3) is 0 Å². The highest BCUT2D eigenvalue weighted by Gasteiger charge is 2.22. The molecule has 0 aliphatic heterocycles. The summed E-state index contributed by atoms with van der Waals surface area (Å²) in [6.07, 6.45) is 1.75. The van der Waals surface area contributed by atoms with E-state index < -0.39 is 6.04 Å². The number of para-hydroxylation sites is 1. The van der Waals surface area contributed by atoms with E-state index in [-0.39, 0.29) is 5.97 Å². The lowest BCUT2D eigenvalue weighted by molar-refractivity contribution is -0.142. The zero-order valence-corrected chi connectivity index (χ0v) is 17.3. The molecule has 3 N–H and O–H groups in total. The summed E-state index contributed by atoms with van der Waals surface area (Å²) >= 11 is 3.50. The van der Waals surface area contributed by atoms with Crippen molar-refractivity contribution >= 4 is 44.9 Å². The molecule has 0 bridgehead atoms. The van der Waals surface area contributed by atoms with Gasteiger partial charge in [0.2, 0.25) is 6.41 Å². The van der Waals surface area contributed by atoms with E-state index >= 15 is 0 Å². The Morgan fingerprint density at radius 3 is 2.79 bits per heavy atom. The van der Waals surface area contributed by atoms with E-state index in [4.69, 9.17) is 4.74 Å². The number of hydrogen-bond acceptors (Lipinski definition) is 4. The molecule has 0 aliphatic rings. The van der Waals surface area contributed by atoms with E-state index in [1.807, 2.05) is 42.5 Å². The number of fused-ring (bicyclic) bond motifs is 1. The molecule has 0 spiro atoms. The van der Waals surface area contributed by atoms with Gasteiger partial charge < -0.3 is 20.4 Å². The Morgan fingerprint density at radius 1 is 1.29 bits per heavy atom. The first-order valence-corrected chi connectivity index (χ1v) is 9.68. The van der Waals surface area contributed by atoms with Gasteiger partial charge in [-0.15, -0.1) is 0 Å². The maximum atomic E-state index is 12.1. The highest BCUT2D eigenvalue weighted by Crippen LogP contribution is 2.29. The highest BCUT2D eigenvalue weighted by atomic mass is 79.9. The van der Waals surface area contributed by atoms with Crippen LogP contribution in [-0.4, -0.2) is 37.6 Å². The number of aromatic nitrogens is 1. The van der Waals surface area contributed by atoms with Crippen LogP contribution in [0.5, 0.6) is 0 Å². The van der Waals surface area contributed by atoms with Crippen LogP contribution in [0.1, 0.15) is 16.8 Å². The Kier molecular flexibility index (Phi) is 6.49. The molecule has 7 heteroatoms. The lowest BCUT2D eigenvalue weighted by Gasteiger charge is -2.15. The molecule has 0 saturated heterocycles. The van der Waals surface area contributed by atoms with Crippen molar-refractivity contribution in [2.45, 2.75) is 18.9 Å². The number of esters is 1. The molecule has 0 fully saturated rings. The highest BCUT2D eigenvalue weighted by molar-refractivity contribution is 9.10. The number of amides is 1. The zero-order chi connectivity index (χ0) is 20.1. The van der Waals surface area contributed by atoms with Crippen LogP contribution in [0, 0.1) is 0 Å². The zero-order valence-electron chi connectivity index (χ0n) is 15.7. The minimum atomic E-state index is -0.446. The number of anilines is 1. The molecule has 1 aromatic heterocycles. The maximum Gasteiger partial charge on any atom is 0.323 e. The molecule has 3 aromatic rings. The number of benzene rings is 2. The third kappa shape index (κ3) is 4.26. The van der Waals surface area contributed by atoms with Gasteiger partial charge in [-0.25, -0.2) is 0 Å². The van der Waals surface area contributed by atoms with Gasteiger partial charge in [0.1, 0.15) is 6.04 Å². The van der Waals surface area contributed by atoms with Gasteiger partial charge in [0.05, 0.1) is 7.11 Å². The van der Waals surface area contributed by atoms with Crippen molar-refractivity contribution in [3.63, 3.8) is 0 Å². The summed E-state index contributed by atoms with van der Waals surface area (Å²) in [6.45, 7) is 0. The number of methoxy groups -OCH3 is 1. The summed E-state index contributed by atoms with van der Waals surface area (Å²) in [5.41, 5.74) is 4.77. The van der Waals surface area contributed by atoms with Crippen molar-refractivity contribution in [2.75, 3.05) is 19.5 Å². The van der Waals surface area contributed by atoms with Crippen molar-refractivity contribution in [2.24, 2.45) is 0 Å². The maximum absolute atomic E-state index is 12.1. The van der Waals surface area contributed by atoms with Crippen LogP contribution >= 0.6 is 15.9 Å². The Labute approximate surface area is 171 Å². The Bertz CT molecular complexity index is 1000. The predicted molar refractivity (Wildman–Crippen MR) is 114 cm³/mol. The van der Waals surface area contributed by atoms with E-state index in [1.165, 1.54) is 7.11 Å². The summed E-state index contributed by atoms with van der Waals surface area (Å²) in [6, 6.07) is 13.3. The molecule has 0 radical (unpaired) electrons. The van der Waals surface area contributed by atoms with E-state index in [2.05, 4.69) is 31.5 Å². The second-order valence-electron chi connectivity index (χ2n) is 6.44. The average Bonchev–Trinajstić information content (AvgIpc) is 3.04. The first kappa shape index (κ1) is 20.1. The van der Waals surface area contributed by atoms with Crippen LogP contribution in [0.25, 0.3) is 10.9 Å². The monoisotopic (exact) mass is 443 g/mol. The van der Waals surface area contributed by atoms with Crippen LogP contribution in [0.2, 0.25) is 0 Å². The van der Waals surface area contributed by atoms with Gasteiger partial charge in [-0.1, -0.05) is 34.1 Å². The molecule has 28 heavy (non-hydrogen) atoms. The van der Waals surface area contributed by atoms with Gasteiger partial charge in [-0.2, -0.15) is 0 Å². The van der Waals surface area contributed by atoms with Crippen LogP contribution < -0.4 is 10.6 Å². The topological polar surface area (TPSA) is 83.2 Å². The number of carbonyl (C=O) groups excluding carboxylic acids is 2. The number of nitrogens with one attached hydrogen (secondary N) is 3. The second kappa shape index (κ2) is 9.03. The standard InChI is InChI=1S/C21H22BrN3O3/c1-23-20(21(27)28-2)11-16-15-5-3-4-6-18(15)25-19(16)10-13-9-14(22)7-8-17(13)24-12-26/h3-9,12,20,23,25H,10-11H2,1-2H3,(H,24,26)/t20-/m1/s1. The number of H-pyrrole nitrogens is 1. The van der Waals surface area contributed by atoms with Gasteiger partial charge in [-0.05, 0) is 42.4 Å². The summed E-state index contributed by atoms with van der Waals surface area (Å²) in [4.78, 5) is 26.6. The number of hydrogen-bond donors (Lipinski definition) is 3. The molecule has 2 aromatic carbocycles. The molecular weight excluding hydrogens is 422 g/mol. The molecule has 1 heterocycles. The number of carbonyl (C=O) groups is 2. The molecule has 0 aliphatic carbocycles. The third-order valence-corrected chi connectivity index (χ3v) is 5.29. The number of rotatable bonds is 8.